The van der Waals surface area contributed by atoms with Crippen LogP contribution in [0.2, 0.25) is 0 Å². The van der Waals surface area contributed by atoms with Gasteiger partial charge in [0.1, 0.15) is 12.4 Å². The first-order valence-corrected chi connectivity index (χ1v) is 25.9. The van der Waals surface area contributed by atoms with Gasteiger partial charge in [0.15, 0.2) is 0 Å². The van der Waals surface area contributed by atoms with E-state index in [2.05, 4.69) is 85.1 Å². The van der Waals surface area contributed by atoms with E-state index < -0.39 is 35.7 Å². The number of methoxy groups -OCH3 is 1. The summed E-state index contributed by atoms with van der Waals surface area (Å²) in [7, 11) is 5.76. The Morgan fingerprint density at radius 1 is 1.09 bits per heavy atom. The normalized spacial score (nSPS) is 34.6. The van der Waals surface area contributed by atoms with E-state index in [1.165, 1.54) is 42.4 Å². The Balaban J connectivity index is 1.31. The molecule has 8 N–H and O–H groups in total. The topological polar surface area (TPSA) is 173 Å². The zero-order valence-electron chi connectivity index (χ0n) is 42.1. The Hall–Kier alpha value is -3.07. The molecule has 0 amide bonds. The van der Waals surface area contributed by atoms with Crippen molar-refractivity contribution in [3.8, 4) is 0 Å². The molecule has 3 saturated carbocycles. The molecule has 11 nitrogen and oxygen atoms in total. The van der Waals surface area contributed by atoms with Crippen LogP contribution in [0.4, 0.5) is 0 Å². The van der Waals surface area contributed by atoms with Crippen molar-refractivity contribution >= 4 is 6.29 Å². The molecule has 12 atom stereocenters. The molecule has 1 heterocycles. The van der Waals surface area contributed by atoms with Crippen molar-refractivity contribution in [1.82, 2.24) is 16.0 Å². The van der Waals surface area contributed by atoms with Gasteiger partial charge in [-0.1, -0.05) is 96.9 Å². The molecule has 5 aliphatic rings. The lowest BCUT2D eigenvalue weighted by Gasteiger charge is -2.61. The average Bonchev–Trinajstić information content (AvgIpc) is 3.69. The van der Waals surface area contributed by atoms with E-state index in [0.29, 0.717) is 62.7 Å². The monoisotopic (exact) mass is 942 g/mol. The van der Waals surface area contributed by atoms with Crippen LogP contribution in [-0.4, -0.2) is 129 Å². The highest BCUT2D eigenvalue weighted by Crippen LogP contribution is 2.67. The van der Waals surface area contributed by atoms with Crippen LogP contribution in [0.25, 0.3) is 0 Å². The lowest BCUT2D eigenvalue weighted by Crippen LogP contribution is -2.65. The quantitative estimate of drug-likeness (QED) is 0.0299. The van der Waals surface area contributed by atoms with Gasteiger partial charge in [0.2, 0.25) is 0 Å². The first-order valence-electron chi connectivity index (χ1n) is 25.9. The van der Waals surface area contributed by atoms with Crippen LogP contribution in [0.3, 0.4) is 0 Å². The van der Waals surface area contributed by atoms with Crippen molar-refractivity contribution in [2.75, 3.05) is 73.9 Å². The highest BCUT2D eigenvalue weighted by atomic mass is 16.5. The number of aldehydes is 1. The minimum absolute atomic E-state index is 0.0543. The second-order valence-corrected chi connectivity index (χ2v) is 21.3. The van der Waals surface area contributed by atoms with Crippen molar-refractivity contribution in [3.05, 3.63) is 106 Å². The standard InChI is InChI=1S/C57H87N3O8/c1-39-17-18-45(30-42-12-10-13-43(29-42)31-55(60-33-39,25-28-67-6)51-16-8-7-14-47(51)34-59-5)40(2)11-9-15-48(37-68-38-49(64)36-63)50-21-23-57(54(50)65)53-44(22-27-61)19-20-46(52(53)41(3)35-62)32-56(57,66)24-26-58-4/h9-13,15,17,19-20,29,35,44-47,49-51,53-54,58-61,63-66H,2,7-8,14,16,18,21-28,30-34,36-38H2,1,3-6H3. The van der Waals surface area contributed by atoms with Crippen LogP contribution in [0.1, 0.15) is 95.6 Å². The van der Waals surface area contributed by atoms with Crippen LogP contribution < -0.4 is 16.0 Å². The molecular weight excluding hydrogens is 855 g/mol. The summed E-state index contributed by atoms with van der Waals surface area (Å²) in [6.45, 7) is 11.4. The second-order valence-electron chi connectivity index (χ2n) is 21.3. The van der Waals surface area contributed by atoms with Gasteiger partial charge in [-0.3, -0.25) is 4.79 Å². The van der Waals surface area contributed by atoms with E-state index in [-0.39, 0.29) is 49.0 Å². The molecule has 6 rings (SSSR count). The Kier molecular flexibility index (Phi) is 20.2. The largest absolute Gasteiger partial charge is 0.396 e. The van der Waals surface area contributed by atoms with Crippen LogP contribution in [0.15, 0.2) is 95.2 Å². The van der Waals surface area contributed by atoms with E-state index in [9.17, 15) is 30.3 Å². The van der Waals surface area contributed by atoms with Gasteiger partial charge in [-0.15, -0.1) is 0 Å². The van der Waals surface area contributed by atoms with Crippen LogP contribution in [-0.2, 0) is 27.1 Å². The fourth-order valence-electron chi connectivity index (χ4n) is 13.7. The van der Waals surface area contributed by atoms with E-state index >= 15 is 0 Å². The highest BCUT2D eigenvalue weighted by Gasteiger charge is 2.68. The van der Waals surface area contributed by atoms with E-state index in [1.54, 1.807) is 0 Å². The fourth-order valence-corrected chi connectivity index (χ4v) is 13.7. The fraction of sp³-hybridized carbons (Fsp3) is 0.667. The molecule has 0 aromatic heterocycles. The second kappa shape index (κ2) is 25.4. The summed E-state index contributed by atoms with van der Waals surface area (Å²) in [5, 5.41) is 67.1. The maximum atomic E-state index is 13.0. The third kappa shape index (κ3) is 12.2. The summed E-state index contributed by atoms with van der Waals surface area (Å²) >= 11 is 0. The zero-order valence-corrected chi connectivity index (χ0v) is 42.1. The van der Waals surface area contributed by atoms with Crippen molar-refractivity contribution in [1.29, 1.82) is 0 Å². The molecular formula is C57H87N3O8. The van der Waals surface area contributed by atoms with Gasteiger partial charge in [-0.2, -0.15) is 0 Å². The van der Waals surface area contributed by atoms with Crippen molar-refractivity contribution in [2.45, 2.75) is 121 Å². The summed E-state index contributed by atoms with van der Waals surface area (Å²) < 4.78 is 11.9. The summed E-state index contributed by atoms with van der Waals surface area (Å²) in [5.74, 6) is 0.187. The molecule has 68 heavy (non-hydrogen) atoms. The third-order valence-corrected chi connectivity index (χ3v) is 17.1. The van der Waals surface area contributed by atoms with E-state index in [4.69, 9.17) is 9.47 Å². The van der Waals surface area contributed by atoms with Crippen molar-refractivity contribution in [2.24, 2.45) is 46.8 Å². The van der Waals surface area contributed by atoms with E-state index in [1.807, 2.05) is 33.2 Å². The van der Waals surface area contributed by atoms with Gasteiger partial charge < -0.3 is 51.0 Å². The smallest absolute Gasteiger partial charge is 0.145 e. The predicted octanol–water partition coefficient (Wildman–Crippen LogP) is 6.35. The first kappa shape index (κ1) is 54.3. The highest BCUT2D eigenvalue weighted by molar-refractivity contribution is 5.74. The Morgan fingerprint density at radius 3 is 2.62 bits per heavy atom. The van der Waals surface area contributed by atoms with Crippen LogP contribution in [0.5, 0.6) is 0 Å². The molecule has 3 fully saturated rings. The predicted molar refractivity (Wildman–Crippen MR) is 272 cm³/mol. The summed E-state index contributed by atoms with van der Waals surface area (Å²) in [4.78, 5) is 12.5. The summed E-state index contributed by atoms with van der Waals surface area (Å²) in [6.07, 6.45) is 22.5. The first-order chi connectivity index (χ1) is 32.8. The number of hydrogen-bond donors (Lipinski definition) is 8. The maximum Gasteiger partial charge on any atom is 0.145 e. The van der Waals surface area contributed by atoms with Crippen LogP contribution in [0, 0.1) is 46.8 Å². The molecule has 1 aliphatic heterocycles. The molecule has 4 aliphatic carbocycles. The number of carbonyl (C=O) groups is 1. The average molecular weight is 942 g/mol. The number of carbonyl (C=O) groups excluding carboxylic acids is 1. The molecule has 1 aromatic rings. The Labute approximate surface area is 408 Å². The molecule has 4 bridgehead atoms. The number of hydrogen-bond acceptors (Lipinski definition) is 11. The van der Waals surface area contributed by atoms with Crippen LogP contribution >= 0.6 is 0 Å². The molecule has 12 unspecified atom stereocenters. The molecule has 1 spiro atoms. The number of aliphatic hydroxyl groups is 5. The number of ether oxygens (including phenoxy) is 2. The Bertz CT molecular complexity index is 1980. The van der Waals surface area contributed by atoms with Gasteiger partial charge in [0.25, 0.3) is 0 Å². The maximum absolute atomic E-state index is 13.0. The summed E-state index contributed by atoms with van der Waals surface area (Å²) in [5.41, 5.74) is 4.97. The third-order valence-electron chi connectivity index (χ3n) is 17.1. The number of aliphatic hydroxyl groups excluding tert-OH is 4. The molecule has 378 valence electrons. The van der Waals surface area contributed by atoms with Gasteiger partial charge in [-0.05, 0) is 164 Å². The number of benzene rings is 1. The van der Waals surface area contributed by atoms with Gasteiger partial charge in [0.05, 0.1) is 31.5 Å². The SMILES string of the molecule is C=C(C=CC=C(COCC(O)CO)C1CCC2(C1O)C1C(=C(C)C=O)C(C=CC1CCO)CC2(O)CCNC)C1CC=C(C)CNC(CCOC)(C2CCCCC2CNC)Cc2cccc(c2)C1. The molecule has 0 saturated heterocycles. The van der Waals surface area contributed by atoms with Gasteiger partial charge in [0, 0.05) is 49.7 Å². The number of rotatable bonds is 21. The van der Waals surface area contributed by atoms with Gasteiger partial charge >= 0.3 is 0 Å². The van der Waals surface area contributed by atoms with Crippen molar-refractivity contribution in [3.63, 3.8) is 0 Å². The number of nitrogens with one attached hydrogen (secondary N) is 3. The van der Waals surface area contributed by atoms with E-state index in [0.717, 1.165) is 61.8 Å². The van der Waals surface area contributed by atoms with Gasteiger partial charge in [-0.25, -0.2) is 0 Å². The molecule has 0 radical (unpaired) electrons. The number of fused-ring (bicyclic) bond motifs is 5. The minimum atomic E-state index is -1.27. The lowest BCUT2D eigenvalue weighted by molar-refractivity contribution is -0.194. The lowest BCUT2D eigenvalue weighted by atomic mass is 9.45. The summed E-state index contributed by atoms with van der Waals surface area (Å²) in [6, 6.07) is 9.16. The zero-order chi connectivity index (χ0) is 48.9. The molecule has 1 aromatic carbocycles. The minimum Gasteiger partial charge on any atom is -0.396 e. The molecule has 11 heteroatoms. The van der Waals surface area contributed by atoms with Crippen molar-refractivity contribution < 1.29 is 39.8 Å². The number of allylic oxidation sites excluding steroid dienone is 9. The Morgan fingerprint density at radius 2 is 1.88 bits per heavy atom.